The maximum absolute atomic E-state index is 9.44. The van der Waals surface area contributed by atoms with Crippen LogP contribution >= 0.6 is 0 Å². The molecule has 1 saturated heterocycles. The van der Waals surface area contributed by atoms with E-state index in [9.17, 15) is 10.2 Å². The lowest BCUT2D eigenvalue weighted by atomic mass is 10.1. The molecule has 0 aromatic rings. The number of ether oxygens (including phenoxy) is 2. The third-order valence-electron chi connectivity index (χ3n) is 1.86. The molecule has 13 heavy (non-hydrogen) atoms. The molecule has 0 bridgehead atoms. The summed E-state index contributed by atoms with van der Waals surface area (Å²) in [6.45, 7) is 1.21. The molecule has 1 unspecified atom stereocenters. The average Bonchev–Trinajstić information content (AvgIpc) is 2.31. The zero-order valence-electron chi connectivity index (χ0n) is 7.33. The second-order valence-electron chi connectivity index (χ2n) is 3.04. The quantitative estimate of drug-likeness (QED) is 0.377. The lowest BCUT2D eigenvalue weighted by Gasteiger charge is -2.19. The smallest absolute Gasteiger partial charge is 0.184 e. The highest BCUT2D eigenvalue weighted by Gasteiger charge is 2.43. The van der Waals surface area contributed by atoms with Crippen LogP contribution in [0.2, 0.25) is 0 Å². The van der Waals surface area contributed by atoms with E-state index in [-0.39, 0.29) is 6.61 Å². The second kappa shape index (κ2) is 4.32. The number of hydrogen-bond acceptors (Lipinski definition) is 6. The van der Waals surface area contributed by atoms with E-state index in [0.29, 0.717) is 0 Å². The Kier molecular flexibility index (Phi) is 3.60. The molecule has 1 aliphatic rings. The van der Waals surface area contributed by atoms with Crippen LogP contribution in [0.15, 0.2) is 0 Å². The maximum Gasteiger partial charge on any atom is 0.184 e. The Morgan fingerprint density at radius 2 is 2.15 bits per heavy atom. The largest absolute Gasteiger partial charge is 0.394 e. The van der Waals surface area contributed by atoms with Gasteiger partial charge in [0.25, 0.3) is 0 Å². The van der Waals surface area contributed by atoms with Gasteiger partial charge in [-0.3, -0.25) is 0 Å². The van der Waals surface area contributed by atoms with Crippen LogP contribution in [-0.2, 0) is 9.47 Å². The topological polar surface area (TPSA) is 105 Å². The summed E-state index contributed by atoms with van der Waals surface area (Å²) < 4.78 is 9.82. The van der Waals surface area contributed by atoms with Crippen molar-refractivity contribution < 1.29 is 24.8 Å². The van der Waals surface area contributed by atoms with Crippen LogP contribution in [0.5, 0.6) is 0 Å². The van der Waals surface area contributed by atoms with Gasteiger partial charge in [-0.05, 0) is 6.92 Å². The molecule has 1 heterocycles. The van der Waals surface area contributed by atoms with Gasteiger partial charge in [0, 0.05) is 0 Å². The summed E-state index contributed by atoms with van der Waals surface area (Å²) in [6, 6.07) is 0. The fraction of sp³-hybridized carbons (Fsp3) is 1.00. The first-order chi connectivity index (χ1) is 6.06. The standard InChI is InChI=1S/C7H15NO5/c1-3(8)12-6-5(10)4(2-9)13-7(6)11/h3-7,9-11H,2,8H2,1H3/t3?,4-,5-,6-,7-/m1/s1. The Balaban J connectivity index is 2.53. The molecular weight excluding hydrogens is 178 g/mol. The summed E-state index contributed by atoms with van der Waals surface area (Å²) in [4.78, 5) is 0. The van der Waals surface area contributed by atoms with Crippen LogP contribution in [-0.4, -0.2) is 52.8 Å². The van der Waals surface area contributed by atoms with Gasteiger partial charge in [-0.15, -0.1) is 0 Å². The summed E-state index contributed by atoms with van der Waals surface area (Å²) in [5, 5.41) is 27.4. The SMILES string of the molecule is CC(N)O[C@@H]1[C@H](O)[C@@H](CO)O[C@H]1O. The molecule has 5 atom stereocenters. The lowest BCUT2D eigenvalue weighted by Crippen LogP contribution is -2.40. The molecule has 6 heteroatoms. The summed E-state index contributed by atoms with van der Waals surface area (Å²) >= 11 is 0. The first kappa shape index (κ1) is 10.8. The minimum absolute atomic E-state index is 0.364. The highest BCUT2D eigenvalue weighted by molar-refractivity contribution is 4.86. The molecule has 0 aliphatic carbocycles. The van der Waals surface area contributed by atoms with Crippen molar-refractivity contribution in [2.24, 2.45) is 5.73 Å². The van der Waals surface area contributed by atoms with Gasteiger partial charge in [-0.25, -0.2) is 0 Å². The van der Waals surface area contributed by atoms with E-state index in [1.807, 2.05) is 0 Å². The fourth-order valence-electron chi connectivity index (χ4n) is 1.26. The molecule has 0 amide bonds. The summed E-state index contributed by atoms with van der Waals surface area (Å²) in [5.41, 5.74) is 5.32. The van der Waals surface area contributed by atoms with Crippen LogP contribution < -0.4 is 5.73 Å². The summed E-state index contributed by atoms with van der Waals surface area (Å²) in [7, 11) is 0. The zero-order valence-corrected chi connectivity index (χ0v) is 7.33. The van der Waals surface area contributed by atoms with Gasteiger partial charge in [0.05, 0.1) is 6.61 Å². The Morgan fingerprint density at radius 1 is 1.54 bits per heavy atom. The van der Waals surface area contributed by atoms with E-state index in [1.165, 1.54) is 0 Å². The maximum atomic E-state index is 9.44. The lowest BCUT2D eigenvalue weighted by molar-refractivity contribution is -0.158. The third kappa shape index (κ3) is 2.37. The molecule has 1 aliphatic heterocycles. The molecule has 0 saturated carbocycles. The monoisotopic (exact) mass is 193 g/mol. The summed E-state index contributed by atoms with van der Waals surface area (Å²) in [5.74, 6) is 0. The van der Waals surface area contributed by atoms with Crippen molar-refractivity contribution in [3.8, 4) is 0 Å². The third-order valence-corrected chi connectivity index (χ3v) is 1.86. The van der Waals surface area contributed by atoms with Crippen molar-refractivity contribution in [1.29, 1.82) is 0 Å². The van der Waals surface area contributed by atoms with Crippen LogP contribution in [0.4, 0.5) is 0 Å². The predicted octanol–water partition coefficient (Wildman–Crippen LogP) is -2.25. The molecule has 0 aromatic heterocycles. The summed E-state index contributed by atoms with van der Waals surface area (Å²) in [6.07, 6.45) is -4.59. The van der Waals surface area contributed by atoms with Crippen LogP contribution in [0.25, 0.3) is 0 Å². The molecule has 78 valence electrons. The molecule has 1 fully saturated rings. The van der Waals surface area contributed by atoms with Gasteiger partial charge < -0.3 is 30.5 Å². The van der Waals surface area contributed by atoms with E-state index in [0.717, 1.165) is 0 Å². The first-order valence-corrected chi connectivity index (χ1v) is 4.09. The molecule has 1 rings (SSSR count). The molecule has 5 N–H and O–H groups in total. The van der Waals surface area contributed by atoms with E-state index in [1.54, 1.807) is 6.92 Å². The normalized spacial score (nSPS) is 42.2. The van der Waals surface area contributed by atoms with E-state index >= 15 is 0 Å². The van der Waals surface area contributed by atoms with Crippen molar-refractivity contribution in [3.05, 3.63) is 0 Å². The highest BCUT2D eigenvalue weighted by atomic mass is 16.7. The fourth-order valence-corrected chi connectivity index (χ4v) is 1.26. The number of aliphatic hydroxyl groups is 3. The molecule has 6 nitrogen and oxygen atoms in total. The zero-order chi connectivity index (χ0) is 10.0. The minimum atomic E-state index is -1.24. The molecule has 0 spiro atoms. The van der Waals surface area contributed by atoms with Gasteiger partial charge in [-0.1, -0.05) is 0 Å². The van der Waals surface area contributed by atoms with Crippen molar-refractivity contribution in [1.82, 2.24) is 0 Å². The second-order valence-corrected chi connectivity index (χ2v) is 3.04. The van der Waals surface area contributed by atoms with Gasteiger partial charge in [-0.2, -0.15) is 0 Å². The van der Waals surface area contributed by atoms with Crippen molar-refractivity contribution in [3.63, 3.8) is 0 Å². The number of nitrogens with two attached hydrogens (primary N) is 1. The van der Waals surface area contributed by atoms with Gasteiger partial charge in [0.1, 0.15) is 24.5 Å². The minimum Gasteiger partial charge on any atom is -0.394 e. The van der Waals surface area contributed by atoms with Gasteiger partial charge in [0.15, 0.2) is 6.29 Å². The average molecular weight is 193 g/mol. The van der Waals surface area contributed by atoms with Crippen LogP contribution in [0, 0.1) is 0 Å². The molecule has 0 aromatic carbocycles. The van der Waals surface area contributed by atoms with Crippen molar-refractivity contribution in [2.75, 3.05) is 6.61 Å². The Morgan fingerprint density at radius 3 is 2.54 bits per heavy atom. The van der Waals surface area contributed by atoms with Crippen LogP contribution in [0.3, 0.4) is 0 Å². The highest BCUT2D eigenvalue weighted by Crippen LogP contribution is 2.22. The van der Waals surface area contributed by atoms with Gasteiger partial charge in [0.2, 0.25) is 0 Å². The van der Waals surface area contributed by atoms with E-state index < -0.39 is 30.8 Å². The van der Waals surface area contributed by atoms with Crippen molar-refractivity contribution in [2.45, 2.75) is 37.8 Å². The number of hydrogen-bond donors (Lipinski definition) is 4. The van der Waals surface area contributed by atoms with E-state index in [2.05, 4.69) is 0 Å². The van der Waals surface area contributed by atoms with Crippen LogP contribution in [0.1, 0.15) is 6.92 Å². The Hall–Kier alpha value is -0.240. The Labute approximate surface area is 75.9 Å². The Bertz CT molecular complexity index is 165. The van der Waals surface area contributed by atoms with Crippen molar-refractivity contribution >= 4 is 0 Å². The number of rotatable bonds is 3. The number of aliphatic hydroxyl groups excluding tert-OH is 3. The first-order valence-electron chi connectivity index (χ1n) is 4.09. The van der Waals surface area contributed by atoms with Gasteiger partial charge >= 0.3 is 0 Å². The predicted molar refractivity (Wildman–Crippen MR) is 42.5 cm³/mol. The van der Waals surface area contributed by atoms with E-state index in [4.69, 9.17) is 20.3 Å². The molecule has 0 radical (unpaired) electrons. The molecular formula is C7H15NO5.